The number of hydrogen-bond donors (Lipinski definition) is 1. The number of fused-ring (bicyclic) bond motifs is 2. The fourth-order valence-corrected chi connectivity index (χ4v) is 5.17. The van der Waals surface area contributed by atoms with E-state index in [9.17, 15) is 9.90 Å². The minimum atomic E-state index is -0.468. The van der Waals surface area contributed by atoms with Crippen LogP contribution in [-0.2, 0) is 14.3 Å². The van der Waals surface area contributed by atoms with Gasteiger partial charge in [-0.2, -0.15) is 0 Å². The highest BCUT2D eigenvalue weighted by Gasteiger charge is 2.65. The average molecular weight is 294 g/mol. The van der Waals surface area contributed by atoms with E-state index < -0.39 is 11.9 Å². The van der Waals surface area contributed by atoms with E-state index in [2.05, 4.69) is 0 Å². The lowest BCUT2D eigenvalue weighted by Crippen LogP contribution is -2.54. The number of Topliss-reactive ketones (excluding diaryl/α,β-unsaturated/α-hetero) is 1. The molecule has 1 N–H and O–H groups in total. The first-order chi connectivity index (χ1) is 10.2. The van der Waals surface area contributed by atoms with Gasteiger partial charge < -0.3 is 14.6 Å². The number of carbonyl (C=O) groups excluding carboxylic acids is 1. The van der Waals surface area contributed by atoms with Crippen LogP contribution in [-0.4, -0.2) is 36.0 Å². The van der Waals surface area contributed by atoms with Crippen molar-refractivity contribution in [1.82, 2.24) is 0 Å². The second kappa shape index (κ2) is 5.32. The van der Waals surface area contributed by atoms with E-state index in [1.165, 1.54) is 25.7 Å². The molecule has 0 radical (unpaired) electrons. The third kappa shape index (κ3) is 2.27. The third-order valence-corrected chi connectivity index (χ3v) is 6.42. The molecule has 0 aromatic heterocycles. The van der Waals surface area contributed by atoms with Crippen molar-refractivity contribution in [1.29, 1.82) is 0 Å². The van der Waals surface area contributed by atoms with Crippen molar-refractivity contribution in [3.8, 4) is 0 Å². The Hall–Kier alpha value is -0.450. The predicted octanol–water partition coefficient (Wildman–Crippen LogP) is 2.29. The van der Waals surface area contributed by atoms with Crippen molar-refractivity contribution >= 4 is 5.78 Å². The summed E-state index contributed by atoms with van der Waals surface area (Å²) < 4.78 is 11.5. The zero-order chi connectivity index (χ0) is 14.4. The van der Waals surface area contributed by atoms with E-state index in [0.29, 0.717) is 19.6 Å². The number of rotatable bonds is 4. The number of ketones is 1. The largest absolute Gasteiger partial charge is 0.392 e. The molecule has 0 bridgehead atoms. The Labute approximate surface area is 126 Å². The van der Waals surface area contributed by atoms with E-state index in [0.717, 1.165) is 25.2 Å². The Morgan fingerprint density at radius 1 is 1.19 bits per heavy atom. The predicted molar refractivity (Wildman–Crippen MR) is 76.5 cm³/mol. The Kier molecular flexibility index (Phi) is 3.59. The van der Waals surface area contributed by atoms with E-state index in [1.54, 1.807) is 0 Å². The summed E-state index contributed by atoms with van der Waals surface area (Å²) in [6.45, 7) is 1.30. The first kappa shape index (κ1) is 14.2. The summed E-state index contributed by atoms with van der Waals surface area (Å²) in [5.41, 5.74) is 0. The van der Waals surface area contributed by atoms with Crippen LogP contribution in [0.25, 0.3) is 0 Å². The van der Waals surface area contributed by atoms with Gasteiger partial charge in [0.25, 0.3) is 0 Å². The molecule has 21 heavy (non-hydrogen) atoms. The standard InChI is InChI=1S/C17H26O4/c18-15(6-5-11-3-1-2-4-11)12-9-14-13(16(12)19)10-17(14)20-7-8-21-17/h11-14,16,19H,1-10H2/t12-,13+,14-,16?/m0/s1. The normalized spacial score (nSPS) is 41.4. The Balaban J connectivity index is 1.34. The summed E-state index contributed by atoms with van der Waals surface area (Å²) in [6, 6.07) is 0. The summed E-state index contributed by atoms with van der Waals surface area (Å²) >= 11 is 0. The lowest BCUT2D eigenvalue weighted by Gasteiger charge is -2.48. The summed E-state index contributed by atoms with van der Waals surface area (Å²) in [7, 11) is 0. The number of ether oxygens (including phenoxy) is 2. The van der Waals surface area contributed by atoms with Crippen molar-refractivity contribution in [2.24, 2.45) is 23.7 Å². The van der Waals surface area contributed by atoms with Gasteiger partial charge in [0, 0.05) is 24.7 Å². The molecular weight excluding hydrogens is 268 g/mol. The summed E-state index contributed by atoms with van der Waals surface area (Å²) in [5, 5.41) is 10.5. The SMILES string of the molecule is O=C(CCC1CCCC1)[C@@H]1C[C@H]2[C@@H](CC23OCCO3)C1O. The fourth-order valence-electron chi connectivity index (χ4n) is 5.17. The molecule has 1 unspecified atom stereocenters. The van der Waals surface area contributed by atoms with Crippen LogP contribution in [0, 0.1) is 23.7 Å². The van der Waals surface area contributed by atoms with Crippen LogP contribution in [0.1, 0.15) is 51.4 Å². The third-order valence-electron chi connectivity index (χ3n) is 6.42. The summed E-state index contributed by atoms with van der Waals surface area (Å²) in [6.07, 6.45) is 7.96. The molecule has 4 rings (SSSR count). The quantitative estimate of drug-likeness (QED) is 0.864. The molecule has 3 saturated carbocycles. The van der Waals surface area contributed by atoms with Gasteiger partial charge in [0.15, 0.2) is 5.79 Å². The molecule has 4 aliphatic rings. The van der Waals surface area contributed by atoms with E-state index in [1.807, 2.05) is 0 Å². The molecule has 4 heteroatoms. The number of hydrogen-bond acceptors (Lipinski definition) is 4. The second-order valence-electron chi connectivity index (χ2n) is 7.47. The molecular formula is C17H26O4. The molecule has 1 spiro atoms. The number of carbonyl (C=O) groups is 1. The Bertz CT molecular complexity index is 409. The lowest BCUT2D eigenvalue weighted by molar-refractivity contribution is -0.275. The minimum Gasteiger partial charge on any atom is -0.392 e. The van der Waals surface area contributed by atoms with E-state index in [-0.39, 0.29) is 23.5 Å². The molecule has 0 amide bonds. The Morgan fingerprint density at radius 3 is 2.62 bits per heavy atom. The maximum Gasteiger partial charge on any atom is 0.172 e. The second-order valence-corrected chi connectivity index (χ2v) is 7.47. The summed E-state index contributed by atoms with van der Waals surface area (Å²) in [5.74, 6) is 0.841. The van der Waals surface area contributed by atoms with Gasteiger partial charge in [0.2, 0.25) is 0 Å². The molecule has 4 fully saturated rings. The van der Waals surface area contributed by atoms with Crippen LogP contribution < -0.4 is 0 Å². The molecule has 4 nitrogen and oxygen atoms in total. The van der Waals surface area contributed by atoms with Crippen LogP contribution in [0.15, 0.2) is 0 Å². The summed E-state index contributed by atoms with van der Waals surface area (Å²) in [4.78, 5) is 12.5. The van der Waals surface area contributed by atoms with Gasteiger partial charge in [0.05, 0.1) is 19.3 Å². The minimum absolute atomic E-state index is 0.173. The van der Waals surface area contributed by atoms with Gasteiger partial charge in [-0.05, 0) is 24.7 Å². The Morgan fingerprint density at radius 2 is 1.90 bits per heavy atom. The molecule has 3 aliphatic carbocycles. The van der Waals surface area contributed by atoms with Crippen LogP contribution in [0.4, 0.5) is 0 Å². The van der Waals surface area contributed by atoms with Gasteiger partial charge in [-0.3, -0.25) is 4.79 Å². The van der Waals surface area contributed by atoms with E-state index >= 15 is 0 Å². The molecule has 118 valence electrons. The zero-order valence-corrected chi connectivity index (χ0v) is 12.6. The molecule has 1 heterocycles. The van der Waals surface area contributed by atoms with Gasteiger partial charge in [-0.1, -0.05) is 25.7 Å². The topological polar surface area (TPSA) is 55.8 Å². The molecule has 1 aliphatic heterocycles. The lowest BCUT2D eigenvalue weighted by atomic mass is 9.69. The molecule has 0 aromatic rings. The van der Waals surface area contributed by atoms with Crippen LogP contribution in [0.3, 0.4) is 0 Å². The highest BCUT2D eigenvalue weighted by molar-refractivity contribution is 5.82. The van der Waals surface area contributed by atoms with Crippen LogP contribution >= 0.6 is 0 Å². The number of aliphatic hydroxyl groups is 1. The maximum atomic E-state index is 12.5. The zero-order valence-electron chi connectivity index (χ0n) is 12.6. The van der Waals surface area contributed by atoms with E-state index in [4.69, 9.17) is 9.47 Å². The smallest absolute Gasteiger partial charge is 0.172 e. The highest BCUT2D eigenvalue weighted by atomic mass is 16.7. The first-order valence-corrected chi connectivity index (χ1v) is 8.68. The highest BCUT2D eigenvalue weighted by Crippen LogP contribution is 2.59. The van der Waals surface area contributed by atoms with Crippen molar-refractivity contribution < 1.29 is 19.4 Å². The van der Waals surface area contributed by atoms with Crippen LogP contribution in [0.5, 0.6) is 0 Å². The van der Waals surface area contributed by atoms with Crippen molar-refractivity contribution in [2.75, 3.05) is 13.2 Å². The average Bonchev–Trinajstić information content (AvgIpc) is 3.17. The van der Waals surface area contributed by atoms with Gasteiger partial charge in [-0.15, -0.1) is 0 Å². The fraction of sp³-hybridized carbons (Fsp3) is 0.941. The van der Waals surface area contributed by atoms with Crippen LogP contribution in [0.2, 0.25) is 0 Å². The van der Waals surface area contributed by atoms with Crippen molar-refractivity contribution in [3.05, 3.63) is 0 Å². The monoisotopic (exact) mass is 294 g/mol. The molecule has 1 saturated heterocycles. The van der Waals surface area contributed by atoms with Crippen molar-refractivity contribution in [3.63, 3.8) is 0 Å². The molecule has 0 aromatic carbocycles. The maximum absolute atomic E-state index is 12.5. The number of aliphatic hydroxyl groups excluding tert-OH is 1. The van der Waals surface area contributed by atoms with Crippen molar-refractivity contribution in [2.45, 2.75) is 63.3 Å². The molecule has 4 atom stereocenters. The first-order valence-electron chi connectivity index (χ1n) is 8.68. The van der Waals surface area contributed by atoms with Gasteiger partial charge >= 0.3 is 0 Å². The van der Waals surface area contributed by atoms with Gasteiger partial charge in [-0.25, -0.2) is 0 Å². The van der Waals surface area contributed by atoms with Gasteiger partial charge in [0.1, 0.15) is 5.78 Å².